The molecule has 156 valence electrons. The molecule has 0 saturated carbocycles. The van der Waals surface area contributed by atoms with Gasteiger partial charge in [-0.1, -0.05) is 12.1 Å². The van der Waals surface area contributed by atoms with Crippen LogP contribution in [0.1, 0.15) is 12.8 Å². The standard InChI is InChI=1S/C19H21FN2O5S2/c1-28(24,25)15-6-8-16(9-7-15)29(26,27)22-12-10-14(11-13-22)19(23)21-18-5-3-2-4-17(18)20/h2-9,14H,10-13H2,1H3,(H,21,23). The Kier molecular flexibility index (Phi) is 6.06. The number of rotatable bonds is 5. The number of hydrogen-bond donors (Lipinski definition) is 1. The second-order valence-corrected chi connectivity index (χ2v) is 10.8. The van der Waals surface area contributed by atoms with Gasteiger partial charge in [0.15, 0.2) is 9.84 Å². The van der Waals surface area contributed by atoms with Crippen molar-refractivity contribution >= 4 is 31.5 Å². The summed E-state index contributed by atoms with van der Waals surface area (Å²) in [6.07, 6.45) is 1.66. The van der Waals surface area contributed by atoms with Crippen molar-refractivity contribution in [1.82, 2.24) is 4.31 Å². The maximum Gasteiger partial charge on any atom is 0.243 e. The molecular formula is C19H21FN2O5S2. The highest BCUT2D eigenvalue weighted by molar-refractivity contribution is 7.90. The lowest BCUT2D eigenvalue weighted by Gasteiger charge is -2.30. The Morgan fingerprint density at radius 3 is 2.07 bits per heavy atom. The first-order chi connectivity index (χ1) is 13.6. The Hall–Kier alpha value is -2.30. The van der Waals surface area contributed by atoms with Crippen molar-refractivity contribution in [2.75, 3.05) is 24.7 Å². The molecule has 7 nitrogen and oxygen atoms in total. The Balaban J connectivity index is 1.65. The molecule has 10 heteroatoms. The summed E-state index contributed by atoms with van der Waals surface area (Å²) in [5.74, 6) is -1.29. The zero-order valence-electron chi connectivity index (χ0n) is 15.7. The van der Waals surface area contributed by atoms with Crippen LogP contribution in [0.3, 0.4) is 0 Å². The van der Waals surface area contributed by atoms with E-state index >= 15 is 0 Å². The molecule has 1 fully saturated rings. The molecule has 0 radical (unpaired) electrons. The average Bonchev–Trinajstić information content (AvgIpc) is 2.69. The van der Waals surface area contributed by atoms with Gasteiger partial charge in [-0.3, -0.25) is 4.79 Å². The summed E-state index contributed by atoms with van der Waals surface area (Å²) < 4.78 is 63.6. The van der Waals surface area contributed by atoms with Crippen molar-refractivity contribution in [3.63, 3.8) is 0 Å². The van der Waals surface area contributed by atoms with E-state index < -0.39 is 31.6 Å². The Bertz CT molecular complexity index is 1110. The van der Waals surface area contributed by atoms with Gasteiger partial charge < -0.3 is 5.32 Å². The van der Waals surface area contributed by atoms with Gasteiger partial charge in [0.05, 0.1) is 15.5 Å². The minimum absolute atomic E-state index is 0.000779. The molecule has 1 amide bonds. The van der Waals surface area contributed by atoms with Gasteiger partial charge in [-0.25, -0.2) is 21.2 Å². The monoisotopic (exact) mass is 440 g/mol. The largest absolute Gasteiger partial charge is 0.323 e. The average molecular weight is 441 g/mol. The van der Waals surface area contributed by atoms with E-state index in [9.17, 15) is 26.0 Å². The van der Waals surface area contributed by atoms with Gasteiger partial charge in [0.1, 0.15) is 5.82 Å². The lowest BCUT2D eigenvalue weighted by Crippen LogP contribution is -2.41. The van der Waals surface area contributed by atoms with E-state index in [-0.39, 0.29) is 34.5 Å². The summed E-state index contributed by atoms with van der Waals surface area (Å²) in [5, 5.41) is 2.55. The van der Waals surface area contributed by atoms with Crippen LogP contribution in [-0.4, -0.2) is 46.4 Å². The minimum atomic E-state index is -3.79. The lowest BCUT2D eigenvalue weighted by molar-refractivity contribution is -0.120. The van der Waals surface area contributed by atoms with E-state index in [1.807, 2.05) is 0 Å². The molecule has 0 unspecified atom stereocenters. The van der Waals surface area contributed by atoms with Crippen molar-refractivity contribution in [3.8, 4) is 0 Å². The number of piperidine rings is 1. The maximum atomic E-state index is 13.7. The summed E-state index contributed by atoms with van der Waals surface area (Å²) in [4.78, 5) is 12.4. The number of amides is 1. The third-order valence-corrected chi connectivity index (χ3v) is 7.89. The van der Waals surface area contributed by atoms with Gasteiger partial charge in [0.25, 0.3) is 0 Å². The molecule has 1 saturated heterocycles. The van der Waals surface area contributed by atoms with Crippen LogP contribution in [0.4, 0.5) is 10.1 Å². The van der Waals surface area contributed by atoms with E-state index in [4.69, 9.17) is 0 Å². The number of sulfonamides is 1. The fourth-order valence-corrected chi connectivity index (χ4v) is 5.26. The quantitative estimate of drug-likeness (QED) is 0.769. The molecule has 1 aliphatic rings. The highest BCUT2D eigenvalue weighted by atomic mass is 32.2. The number of nitrogens with zero attached hydrogens (tertiary/aromatic N) is 1. The molecule has 1 aliphatic heterocycles. The molecule has 0 bridgehead atoms. The number of hydrogen-bond acceptors (Lipinski definition) is 5. The summed E-state index contributed by atoms with van der Waals surface area (Å²) in [6.45, 7) is 0.289. The summed E-state index contributed by atoms with van der Waals surface area (Å²) >= 11 is 0. The predicted molar refractivity (Wildman–Crippen MR) is 106 cm³/mol. The molecule has 2 aromatic carbocycles. The first-order valence-electron chi connectivity index (χ1n) is 8.95. The first kappa shape index (κ1) is 21.4. The highest BCUT2D eigenvalue weighted by Gasteiger charge is 2.32. The second-order valence-electron chi connectivity index (χ2n) is 6.89. The molecule has 1 heterocycles. The number of benzene rings is 2. The molecule has 29 heavy (non-hydrogen) atoms. The second kappa shape index (κ2) is 8.21. The van der Waals surface area contributed by atoms with Crippen LogP contribution >= 0.6 is 0 Å². The number of para-hydroxylation sites is 1. The zero-order valence-corrected chi connectivity index (χ0v) is 17.3. The summed E-state index contributed by atoms with van der Waals surface area (Å²) in [6, 6.07) is 10.9. The molecular weight excluding hydrogens is 419 g/mol. The van der Waals surface area contributed by atoms with E-state index in [1.54, 1.807) is 6.07 Å². The van der Waals surface area contributed by atoms with Crippen molar-refractivity contribution in [2.24, 2.45) is 5.92 Å². The van der Waals surface area contributed by atoms with Gasteiger partial charge in [-0.2, -0.15) is 4.31 Å². The molecule has 2 aromatic rings. The third kappa shape index (κ3) is 4.82. The topological polar surface area (TPSA) is 101 Å². The summed E-state index contributed by atoms with van der Waals surface area (Å²) in [7, 11) is -7.21. The smallest absolute Gasteiger partial charge is 0.243 e. The Morgan fingerprint density at radius 2 is 1.52 bits per heavy atom. The molecule has 0 atom stereocenters. The van der Waals surface area contributed by atoms with Crippen LogP contribution in [0, 0.1) is 11.7 Å². The predicted octanol–water partition coefficient (Wildman–Crippen LogP) is 2.27. The van der Waals surface area contributed by atoms with Gasteiger partial charge in [0, 0.05) is 25.3 Å². The zero-order chi connectivity index (χ0) is 21.2. The van der Waals surface area contributed by atoms with E-state index in [0.29, 0.717) is 12.8 Å². The first-order valence-corrected chi connectivity index (χ1v) is 12.3. The van der Waals surface area contributed by atoms with Gasteiger partial charge in [-0.05, 0) is 49.2 Å². The molecule has 0 aliphatic carbocycles. The number of halogens is 1. The van der Waals surface area contributed by atoms with Crippen molar-refractivity contribution in [1.29, 1.82) is 0 Å². The van der Waals surface area contributed by atoms with E-state index in [0.717, 1.165) is 6.26 Å². The van der Waals surface area contributed by atoms with Crippen LogP contribution in [0.15, 0.2) is 58.3 Å². The van der Waals surface area contributed by atoms with Crippen molar-refractivity contribution < 1.29 is 26.0 Å². The van der Waals surface area contributed by atoms with Crippen LogP contribution in [0.25, 0.3) is 0 Å². The normalized spacial score (nSPS) is 16.5. The van der Waals surface area contributed by atoms with Gasteiger partial charge in [0.2, 0.25) is 15.9 Å². The fraction of sp³-hybridized carbons (Fsp3) is 0.316. The van der Waals surface area contributed by atoms with Crippen LogP contribution < -0.4 is 5.32 Å². The van der Waals surface area contributed by atoms with Crippen molar-refractivity contribution in [2.45, 2.75) is 22.6 Å². The SMILES string of the molecule is CS(=O)(=O)c1ccc(S(=O)(=O)N2CCC(C(=O)Nc3ccccc3F)CC2)cc1. The van der Waals surface area contributed by atoms with Gasteiger partial charge >= 0.3 is 0 Å². The number of sulfone groups is 1. The Morgan fingerprint density at radius 1 is 0.966 bits per heavy atom. The van der Waals surface area contributed by atoms with E-state index in [2.05, 4.69) is 5.32 Å². The number of anilines is 1. The number of nitrogens with one attached hydrogen (secondary N) is 1. The maximum absolute atomic E-state index is 13.7. The molecule has 3 rings (SSSR count). The molecule has 0 spiro atoms. The van der Waals surface area contributed by atoms with Gasteiger partial charge in [-0.15, -0.1) is 0 Å². The lowest BCUT2D eigenvalue weighted by atomic mass is 9.97. The van der Waals surface area contributed by atoms with Crippen LogP contribution in [0.2, 0.25) is 0 Å². The molecule has 1 N–H and O–H groups in total. The third-order valence-electron chi connectivity index (χ3n) is 4.85. The minimum Gasteiger partial charge on any atom is -0.323 e. The van der Waals surface area contributed by atoms with Crippen LogP contribution in [0.5, 0.6) is 0 Å². The fourth-order valence-electron chi connectivity index (χ4n) is 3.16. The number of carbonyl (C=O) groups is 1. The highest BCUT2D eigenvalue weighted by Crippen LogP contribution is 2.26. The molecule has 0 aromatic heterocycles. The Labute approximate surface area is 169 Å². The van der Waals surface area contributed by atoms with Crippen LogP contribution in [-0.2, 0) is 24.7 Å². The van der Waals surface area contributed by atoms with Crippen molar-refractivity contribution in [3.05, 3.63) is 54.3 Å². The van der Waals surface area contributed by atoms with E-state index in [1.165, 1.54) is 46.8 Å². The number of carbonyl (C=O) groups excluding carboxylic acids is 1. The summed E-state index contributed by atoms with van der Waals surface area (Å²) in [5.41, 5.74) is 0.0958.